The van der Waals surface area contributed by atoms with E-state index in [0.717, 1.165) is 16.3 Å². The van der Waals surface area contributed by atoms with Gasteiger partial charge >= 0.3 is 12.0 Å². The number of nitrogens with two attached hydrogens (primary N) is 1. The van der Waals surface area contributed by atoms with Crippen LogP contribution in [0.3, 0.4) is 0 Å². The highest BCUT2D eigenvalue weighted by atomic mass is 16.5. The summed E-state index contributed by atoms with van der Waals surface area (Å²) in [5.41, 5.74) is 5.59. The number of nitrogens with one attached hydrogen (secondary N) is 1. The van der Waals surface area contributed by atoms with Crippen molar-refractivity contribution in [3.63, 3.8) is 0 Å². The molecule has 3 N–H and O–H groups in total. The normalized spacial score (nSPS) is 10.1. The van der Waals surface area contributed by atoms with E-state index in [1.165, 1.54) is 0 Å². The molecule has 0 bridgehead atoms. The van der Waals surface area contributed by atoms with Gasteiger partial charge in [-0.05, 0) is 16.3 Å². The van der Waals surface area contributed by atoms with Gasteiger partial charge in [0.2, 0.25) is 0 Å². The summed E-state index contributed by atoms with van der Waals surface area (Å²) >= 11 is 0. The average molecular weight is 286 g/mol. The minimum absolute atomic E-state index is 0.0468. The van der Waals surface area contributed by atoms with Crippen LogP contribution in [-0.2, 0) is 20.7 Å². The molecule has 0 radical (unpaired) electrons. The van der Waals surface area contributed by atoms with E-state index in [-0.39, 0.29) is 6.42 Å². The van der Waals surface area contributed by atoms with Crippen molar-refractivity contribution in [2.45, 2.75) is 6.42 Å². The molecule has 0 aliphatic carbocycles. The molecule has 0 saturated carbocycles. The third kappa shape index (κ3) is 4.04. The maximum atomic E-state index is 11.7. The number of primary amides is 1. The van der Waals surface area contributed by atoms with E-state index in [2.05, 4.69) is 0 Å². The summed E-state index contributed by atoms with van der Waals surface area (Å²) in [7, 11) is 0. The SMILES string of the molecule is NC(=O)NC(=O)COC(=O)Cc1cccc2ccccc12. The second kappa shape index (κ2) is 6.51. The van der Waals surface area contributed by atoms with Gasteiger partial charge in [-0.3, -0.25) is 14.9 Å². The highest BCUT2D eigenvalue weighted by Gasteiger charge is 2.11. The van der Waals surface area contributed by atoms with Crippen LogP contribution in [0.15, 0.2) is 42.5 Å². The van der Waals surface area contributed by atoms with Crippen molar-refractivity contribution in [3.8, 4) is 0 Å². The standard InChI is InChI=1S/C15H14N2O4/c16-15(20)17-13(18)9-21-14(19)8-11-6-3-5-10-4-1-2-7-12(10)11/h1-7H,8-9H2,(H3,16,17,18,20). The lowest BCUT2D eigenvalue weighted by Crippen LogP contribution is -2.37. The van der Waals surface area contributed by atoms with Gasteiger partial charge in [0.1, 0.15) is 0 Å². The van der Waals surface area contributed by atoms with Gasteiger partial charge in [0.25, 0.3) is 5.91 Å². The van der Waals surface area contributed by atoms with Gasteiger partial charge in [-0.15, -0.1) is 0 Å². The van der Waals surface area contributed by atoms with E-state index in [0.29, 0.717) is 0 Å². The Morgan fingerprint density at radius 2 is 1.76 bits per heavy atom. The number of carbonyl (C=O) groups excluding carboxylic acids is 3. The Balaban J connectivity index is 1.99. The number of rotatable bonds is 4. The number of imide groups is 1. The fourth-order valence-corrected chi connectivity index (χ4v) is 1.97. The van der Waals surface area contributed by atoms with Gasteiger partial charge in [-0.1, -0.05) is 42.5 Å². The van der Waals surface area contributed by atoms with Crippen molar-refractivity contribution in [3.05, 3.63) is 48.0 Å². The Morgan fingerprint density at radius 3 is 2.52 bits per heavy atom. The Labute approximate surface area is 120 Å². The predicted molar refractivity (Wildman–Crippen MR) is 76.3 cm³/mol. The lowest BCUT2D eigenvalue weighted by Gasteiger charge is -2.07. The molecule has 0 saturated heterocycles. The Hall–Kier alpha value is -2.89. The molecule has 0 unspecified atom stereocenters. The smallest absolute Gasteiger partial charge is 0.318 e. The summed E-state index contributed by atoms with van der Waals surface area (Å²) in [6, 6.07) is 12.3. The van der Waals surface area contributed by atoms with Crippen molar-refractivity contribution < 1.29 is 19.1 Å². The number of amides is 3. The molecule has 2 rings (SSSR count). The fraction of sp³-hybridized carbons (Fsp3) is 0.133. The Bertz CT molecular complexity index is 692. The number of ether oxygens (including phenoxy) is 1. The maximum Gasteiger partial charge on any atom is 0.318 e. The molecule has 2 aromatic rings. The minimum atomic E-state index is -0.981. The van der Waals surface area contributed by atoms with Crippen molar-refractivity contribution in [2.75, 3.05) is 6.61 Å². The molecule has 2 aromatic carbocycles. The van der Waals surface area contributed by atoms with Crippen LogP contribution in [0.1, 0.15) is 5.56 Å². The molecule has 0 atom stereocenters. The molecule has 0 spiro atoms. The molecule has 108 valence electrons. The highest BCUT2D eigenvalue weighted by molar-refractivity contribution is 5.95. The summed E-state index contributed by atoms with van der Waals surface area (Å²) in [5, 5.41) is 3.79. The largest absolute Gasteiger partial charge is 0.455 e. The third-order valence-corrected chi connectivity index (χ3v) is 2.84. The fourth-order valence-electron chi connectivity index (χ4n) is 1.97. The highest BCUT2D eigenvalue weighted by Crippen LogP contribution is 2.19. The van der Waals surface area contributed by atoms with Crippen LogP contribution < -0.4 is 11.1 Å². The quantitative estimate of drug-likeness (QED) is 0.823. The molecule has 0 aromatic heterocycles. The Kier molecular flexibility index (Phi) is 4.50. The molecule has 0 heterocycles. The molecule has 21 heavy (non-hydrogen) atoms. The second-order valence-corrected chi connectivity index (χ2v) is 4.39. The lowest BCUT2D eigenvalue weighted by atomic mass is 10.0. The summed E-state index contributed by atoms with van der Waals surface area (Å²) < 4.78 is 4.80. The first-order valence-electron chi connectivity index (χ1n) is 6.28. The first kappa shape index (κ1) is 14.5. The third-order valence-electron chi connectivity index (χ3n) is 2.84. The predicted octanol–water partition coefficient (Wildman–Crippen LogP) is 1.12. The van der Waals surface area contributed by atoms with E-state index in [9.17, 15) is 14.4 Å². The Morgan fingerprint density at radius 1 is 1.05 bits per heavy atom. The van der Waals surface area contributed by atoms with E-state index < -0.39 is 24.5 Å². The first-order chi connectivity index (χ1) is 10.1. The minimum Gasteiger partial charge on any atom is -0.455 e. The van der Waals surface area contributed by atoms with Crippen LogP contribution in [0, 0.1) is 0 Å². The zero-order valence-corrected chi connectivity index (χ0v) is 11.2. The zero-order chi connectivity index (χ0) is 15.2. The lowest BCUT2D eigenvalue weighted by molar-refractivity contribution is -0.147. The van der Waals surface area contributed by atoms with Crippen LogP contribution in [0.25, 0.3) is 10.8 Å². The number of fused-ring (bicyclic) bond motifs is 1. The van der Waals surface area contributed by atoms with Crippen LogP contribution in [0.2, 0.25) is 0 Å². The van der Waals surface area contributed by atoms with E-state index in [1.54, 1.807) is 0 Å². The van der Waals surface area contributed by atoms with Crippen LogP contribution >= 0.6 is 0 Å². The summed E-state index contributed by atoms with van der Waals surface area (Å²) in [6.45, 7) is -0.535. The summed E-state index contributed by atoms with van der Waals surface area (Å²) in [4.78, 5) is 33.3. The van der Waals surface area contributed by atoms with Gasteiger partial charge in [0.15, 0.2) is 6.61 Å². The zero-order valence-electron chi connectivity index (χ0n) is 11.2. The molecule has 0 aliphatic heterocycles. The summed E-state index contributed by atoms with van der Waals surface area (Å²) in [6.07, 6.45) is 0.0468. The van der Waals surface area contributed by atoms with Crippen molar-refractivity contribution in [1.82, 2.24) is 5.32 Å². The number of hydrogen-bond donors (Lipinski definition) is 2. The van der Waals surface area contributed by atoms with Gasteiger partial charge in [0.05, 0.1) is 6.42 Å². The van der Waals surface area contributed by atoms with Gasteiger partial charge in [0, 0.05) is 0 Å². The van der Waals surface area contributed by atoms with E-state index in [4.69, 9.17) is 10.5 Å². The van der Waals surface area contributed by atoms with Crippen LogP contribution in [-0.4, -0.2) is 24.5 Å². The molecule has 6 heteroatoms. The number of urea groups is 1. The molecule has 0 fully saturated rings. The topological polar surface area (TPSA) is 98.5 Å². The van der Waals surface area contributed by atoms with E-state index in [1.807, 2.05) is 47.8 Å². The second-order valence-electron chi connectivity index (χ2n) is 4.39. The van der Waals surface area contributed by atoms with Gasteiger partial charge in [-0.2, -0.15) is 0 Å². The summed E-state index contributed by atoms with van der Waals surface area (Å²) in [5.74, 6) is -1.31. The molecule has 0 aliphatic rings. The van der Waals surface area contributed by atoms with Gasteiger partial charge in [-0.25, -0.2) is 4.79 Å². The number of hydrogen-bond acceptors (Lipinski definition) is 4. The van der Waals surface area contributed by atoms with Crippen LogP contribution in [0.5, 0.6) is 0 Å². The van der Waals surface area contributed by atoms with Crippen LogP contribution in [0.4, 0.5) is 4.79 Å². The monoisotopic (exact) mass is 286 g/mol. The number of carbonyl (C=O) groups is 3. The van der Waals surface area contributed by atoms with E-state index >= 15 is 0 Å². The molecule has 6 nitrogen and oxygen atoms in total. The molecular formula is C15H14N2O4. The number of esters is 1. The molecular weight excluding hydrogens is 272 g/mol. The first-order valence-corrected chi connectivity index (χ1v) is 6.28. The van der Waals surface area contributed by atoms with Crippen molar-refractivity contribution in [2.24, 2.45) is 5.73 Å². The average Bonchev–Trinajstić information content (AvgIpc) is 2.45. The number of benzene rings is 2. The molecule has 3 amide bonds. The van der Waals surface area contributed by atoms with Gasteiger partial charge < -0.3 is 10.5 Å². The maximum absolute atomic E-state index is 11.7. The van der Waals surface area contributed by atoms with Crippen molar-refractivity contribution >= 4 is 28.7 Å². The van der Waals surface area contributed by atoms with Crippen molar-refractivity contribution in [1.29, 1.82) is 0 Å².